The zero-order valence-electron chi connectivity index (χ0n) is 6.89. The summed E-state index contributed by atoms with van der Waals surface area (Å²) < 4.78 is 10.8. The first-order valence-electron chi connectivity index (χ1n) is 3.64. The van der Waals surface area contributed by atoms with E-state index in [1.54, 1.807) is 0 Å². The molecule has 11 heavy (non-hydrogen) atoms. The van der Waals surface area contributed by atoms with Crippen LogP contribution in [0.5, 0.6) is 0 Å². The van der Waals surface area contributed by atoms with Gasteiger partial charge in [0, 0.05) is 6.04 Å². The molecule has 1 rings (SSSR count). The van der Waals surface area contributed by atoms with Gasteiger partial charge in [0.2, 0.25) is 0 Å². The van der Waals surface area contributed by atoms with E-state index in [1.165, 1.54) is 0 Å². The summed E-state index contributed by atoms with van der Waals surface area (Å²) >= 11 is 0. The fourth-order valence-corrected chi connectivity index (χ4v) is 1.04. The summed E-state index contributed by atoms with van der Waals surface area (Å²) in [6, 6.07) is 2.34. The van der Waals surface area contributed by atoms with Crippen molar-refractivity contribution in [2.45, 2.75) is 25.7 Å². The third kappa shape index (κ3) is 2.41. The molecule has 0 aliphatic carbocycles. The summed E-state index contributed by atoms with van der Waals surface area (Å²) in [5.41, 5.74) is 0. The molecule has 3 nitrogen and oxygen atoms in total. The predicted octanol–water partition coefficient (Wildman–Crippen LogP) is 0.318. The van der Waals surface area contributed by atoms with Crippen molar-refractivity contribution in [2.24, 2.45) is 0 Å². The van der Waals surface area contributed by atoms with E-state index >= 15 is 0 Å². The van der Waals surface area contributed by atoms with Crippen molar-refractivity contribution in [3.63, 3.8) is 0 Å². The lowest BCUT2D eigenvalue weighted by Gasteiger charge is -2.16. The molecule has 0 aromatic heterocycles. The van der Waals surface area contributed by atoms with Gasteiger partial charge in [0.15, 0.2) is 5.79 Å². The Balaban J connectivity index is 2.26. The third-order valence-electron chi connectivity index (χ3n) is 1.50. The highest BCUT2D eigenvalue weighted by Gasteiger charge is 2.31. The van der Waals surface area contributed by atoms with Crippen molar-refractivity contribution < 1.29 is 9.47 Å². The molecule has 1 fully saturated rings. The van der Waals surface area contributed by atoms with Crippen LogP contribution in [0, 0.1) is 12.5 Å². The van der Waals surface area contributed by atoms with Crippen LogP contribution < -0.4 is 5.32 Å². The van der Waals surface area contributed by atoms with Crippen LogP contribution in [0.1, 0.15) is 13.8 Å². The average molecular weight is 155 g/mol. The van der Waals surface area contributed by atoms with Crippen molar-refractivity contribution in [3.8, 4) is 12.5 Å². The van der Waals surface area contributed by atoms with Crippen molar-refractivity contribution in [2.75, 3.05) is 13.2 Å². The third-order valence-corrected chi connectivity index (χ3v) is 1.50. The van der Waals surface area contributed by atoms with E-state index in [4.69, 9.17) is 15.9 Å². The van der Waals surface area contributed by atoms with E-state index in [9.17, 15) is 0 Å². The second-order valence-corrected chi connectivity index (χ2v) is 2.98. The van der Waals surface area contributed by atoms with Crippen molar-refractivity contribution in [1.82, 2.24) is 5.32 Å². The van der Waals surface area contributed by atoms with Gasteiger partial charge in [0.25, 0.3) is 0 Å². The topological polar surface area (TPSA) is 30.5 Å². The van der Waals surface area contributed by atoms with Gasteiger partial charge in [-0.2, -0.15) is 0 Å². The van der Waals surface area contributed by atoms with Crippen molar-refractivity contribution >= 4 is 0 Å². The number of hydrogen-bond acceptors (Lipinski definition) is 3. The maximum Gasteiger partial charge on any atom is 0.163 e. The van der Waals surface area contributed by atoms with Gasteiger partial charge in [0.05, 0.1) is 13.2 Å². The molecule has 1 aliphatic rings. The number of rotatable bonds is 2. The Morgan fingerprint density at radius 3 is 2.91 bits per heavy atom. The molecule has 62 valence electrons. The Bertz CT molecular complexity index is 171. The molecule has 0 aromatic rings. The first-order chi connectivity index (χ1) is 5.14. The highest BCUT2D eigenvalue weighted by atomic mass is 16.7. The summed E-state index contributed by atoms with van der Waals surface area (Å²) in [5.74, 6) is -0.444. The van der Waals surface area contributed by atoms with E-state index in [0.717, 1.165) is 0 Å². The molecule has 0 amide bonds. The minimum absolute atomic E-state index is 0.0843. The Hall–Kier alpha value is -0.720. The first kappa shape index (κ1) is 8.38. The van der Waals surface area contributed by atoms with E-state index in [1.807, 2.05) is 13.8 Å². The average Bonchev–Trinajstić information content (AvgIpc) is 2.26. The van der Waals surface area contributed by atoms with E-state index in [2.05, 4.69) is 11.4 Å². The number of nitrogens with one attached hydrogen (secondary N) is 1. The first-order valence-corrected chi connectivity index (χ1v) is 3.64. The SMILES string of the molecule is C#CNCC1COC(C)(C)O1. The van der Waals surface area contributed by atoms with E-state index in [0.29, 0.717) is 13.2 Å². The summed E-state index contributed by atoms with van der Waals surface area (Å²) in [7, 11) is 0. The molecule has 0 aromatic carbocycles. The van der Waals surface area contributed by atoms with Crippen molar-refractivity contribution in [1.29, 1.82) is 0 Å². The van der Waals surface area contributed by atoms with Gasteiger partial charge < -0.3 is 14.8 Å². The second-order valence-electron chi connectivity index (χ2n) is 2.98. The number of hydrogen-bond donors (Lipinski definition) is 1. The predicted molar refractivity (Wildman–Crippen MR) is 41.7 cm³/mol. The molecular weight excluding hydrogens is 142 g/mol. The maximum atomic E-state index is 5.47. The summed E-state index contributed by atoms with van der Waals surface area (Å²) in [6.07, 6.45) is 5.10. The highest BCUT2D eigenvalue weighted by molar-refractivity contribution is 4.83. The molecule has 0 spiro atoms. The molecule has 1 heterocycles. The van der Waals surface area contributed by atoms with Crippen molar-refractivity contribution in [3.05, 3.63) is 0 Å². The van der Waals surface area contributed by atoms with Crippen LogP contribution in [0.25, 0.3) is 0 Å². The van der Waals surface area contributed by atoms with E-state index < -0.39 is 5.79 Å². The lowest BCUT2D eigenvalue weighted by molar-refractivity contribution is -0.137. The van der Waals surface area contributed by atoms with Crippen LogP contribution >= 0.6 is 0 Å². The van der Waals surface area contributed by atoms with Gasteiger partial charge >= 0.3 is 0 Å². The largest absolute Gasteiger partial charge is 0.348 e. The maximum absolute atomic E-state index is 5.47. The minimum atomic E-state index is -0.444. The number of terminal acetylenes is 1. The lowest BCUT2D eigenvalue weighted by atomic mass is 10.4. The fraction of sp³-hybridized carbons (Fsp3) is 0.750. The van der Waals surface area contributed by atoms with Crippen LogP contribution in [0.4, 0.5) is 0 Å². The fourth-order valence-electron chi connectivity index (χ4n) is 1.04. The summed E-state index contributed by atoms with van der Waals surface area (Å²) in [4.78, 5) is 0. The van der Waals surface area contributed by atoms with Crippen LogP contribution in [0.15, 0.2) is 0 Å². The lowest BCUT2D eigenvalue weighted by Crippen LogP contribution is -2.28. The minimum Gasteiger partial charge on any atom is -0.348 e. The normalized spacial score (nSPS) is 27.9. The van der Waals surface area contributed by atoms with Crippen LogP contribution in [0.3, 0.4) is 0 Å². The van der Waals surface area contributed by atoms with E-state index in [-0.39, 0.29) is 6.10 Å². The van der Waals surface area contributed by atoms with Crippen LogP contribution in [0.2, 0.25) is 0 Å². The molecule has 0 bridgehead atoms. The Labute approximate surface area is 67.1 Å². The molecule has 1 atom stereocenters. The zero-order valence-corrected chi connectivity index (χ0v) is 6.89. The Morgan fingerprint density at radius 2 is 2.45 bits per heavy atom. The van der Waals surface area contributed by atoms with Gasteiger partial charge in [-0.1, -0.05) is 6.42 Å². The molecular formula is C8H13NO2. The van der Waals surface area contributed by atoms with Crippen LogP contribution in [-0.4, -0.2) is 25.0 Å². The molecule has 1 aliphatic heterocycles. The standard InChI is InChI=1S/C8H13NO2/c1-4-9-5-7-6-10-8(2,3)11-7/h1,7,9H,5-6H2,2-3H3. The molecule has 1 N–H and O–H groups in total. The van der Waals surface area contributed by atoms with Crippen LogP contribution in [-0.2, 0) is 9.47 Å². The Morgan fingerprint density at radius 1 is 1.73 bits per heavy atom. The molecule has 0 radical (unpaired) electrons. The van der Waals surface area contributed by atoms with Gasteiger partial charge in [0.1, 0.15) is 6.10 Å². The molecule has 0 saturated carbocycles. The summed E-state index contributed by atoms with van der Waals surface area (Å²) in [6.45, 7) is 5.05. The zero-order chi connectivity index (χ0) is 8.32. The molecule has 3 heteroatoms. The van der Waals surface area contributed by atoms with Gasteiger partial charge in [-0.25, -0.2) is 0 Å². The second kappa shape index (κ2) is 3.12. The molecule has 1 saturated heterocycles. The molecule has 1 unspecified atom stereocenters. The van der Waals surface area contributed by atoms with Gasteiger partial charge in [-0.05, 0) is 13.8 Å². The van der Waals surface area contributed by atoms with Gasteiger partial charge in [-0.3, -0.25) is 0 Å². The summed E-state index contributed by atoms with van der Waals surface area (Å²) in [5, 5.41) is 2.75. The number of ether oxygens (including phenoxy) is 2. The monoisotopic (exact) mass is 155 g/mol. The quantitative estimate of drug-likeness (QED) is 0.460. The Kier molecular flexibility index (Phi) is 2.38. The highest BCUT2D eigenvalue weighted by Crippen LogP contribution is 2.21. The van der Waals surface area contributed by atoms with Gasteiger partial charge in [-0.15, -0.1) is 0 Å². The smallest absolute Gasteiger partial charge is 0.163 e.